The normalized spacial score (nSPS) is 10.4. The average Bonchev–Trinajstić information content (AvgIpc) is 3.48. The second kappa shape index (κ2) is 24.6. The molecule has 12 aromatic rings. The van der Waals surface area contributed by atoms with Gasteiger partial charge in [-0.15, -0.1) is 0 Å². The Morgan fingerprint density at radius 2 is 0.467 bits per heavy atom. The van der Waals surface area contributed by atoms with E-state index >= 15 is 0 Å². The van der Waals surface area contributed by atoms with Crippen molar-refractivity contribution in [2.24, 2.45) is 0 Å². The number of hydrogen-bond acceptors (Lipinski definition) is 11. The van der Waals surface area contributed by atoms with Crippen LogP contribution in [-0.2, 0) is 25.3 Å². The maximum atomic E-state index is 10.1. The van der Waals surface area contributed by atoms with Gasteiger partial charge in [-0.3, -0.25) is 15.0 Å². The Labute approximate surface area is 442 Å². The first-order valence-corrected chi connectivity index (χ1v) is 26.2. The Morgan fingerprint density at radius 3 is 0.667 bits per heavy atom. The van der Waals surface area contributed by atoms with Crippen LogP contribution in [0.25, 0.3) is 32.7 Å². The number of phenols is 3. The van der Waals surface area contributed by atoms with Crippen LogP contribution in [-0.4, -0.2) is 30.3 Å². The van der Waals surface area contributed by atoms with Crippen molar-refractivity contribution in [3.8, 4) is 17.2 Å². The molecule has 3 N–H and O–H groups in total. The van der Waals surface area contributed by atoms with Crippen molar-refractivity contribution in [3.63, 3.8) is 0 Å². The summed E-state index contributed by atoms with van der Waals surface area (Å²) in [5.41, 5.74) is 11.1. The van der Waals surface area contributed by atoms with Crippen LogP contribution in [0.2, 0.25) is 0 Å². The molecule has 0 spiro atoms. The second-order valence-corrected chi connectivity index (χ2v) is 17.1. The van der Waals surface area contributed by atoms with Crippen molar-refractivity contribution in [1.29, 1.82) is 0 Å². The van der Waals surface area contributed by atoms with Gasteiger partial charge in [-0.2, -0.15) is 0 Å². The molecule has 0 aliphatic heterocycles. The number of benzene rings is 9. The van der Waals surface area contributed by atoms with Crippen molar-refractivity contribution in [1.82, 2.24) is 15.0 Å². The molecule has 12 rings (SSSR count). The zero-order valence-electron chi connectivity index (χ0n) is 40.2. The molecule has 0 atom stereocenters. The molecule has 0 aliphatic rings. The Balaban J connectivity index is 0.000000134. The molecule has 0 radical (unpaired) electrons. The fraction of sp³-hybridized carbons (Fsp3) is 0. The van der Waals surface area contributed by atoms with Crippen molar-refractivity contribution < 1.29 is 40.6 Å². The summed E-state index contributed by atoms with van der Waals surface area (Å²) < 4.78 is 17.1. The molecular weight excluding hydrogens is 1100 g/mol. The van der Waals surface area contributed by atoms with Gasteiger partial charge in [-0.05, 0) is 146 Å². The van der Waals surface area contributed by atoms with Gasteiger partial charge in [-0.25, -0.2) is 0 Å². The molecule has 0 unspecified atom stereocenters. The Hall–Kier alpha value is -9.70. The first kappa shape index (κ1) is 50.2. The molecule has 0 amide bonds. The van der Waals surface area contributed by atoms with Gasteiger partial charge in [0.25, 0.3) is 0 Å². The Morgan fingerprint density at radius 1 is 0.267 bits per heavy atom. The van der Waals surface area contributed by atoms with E-state index in [1.165, 1.54) is 0 Å². The van der Waals surface area contributed by atoms with E-state index in [1.807, 2.05) is 164 Å². The van der Waals surface area contributed by atoms with E-state index in [0.717, 1.165) is 67.3 Å². The van der Waals surface area contributed by atoms with Gasteiger partial charge in [0.1, 0.15) is 33.8 Å². The first-order valence-electron chi connectivity index (χ1n) is 23.8. The van der Waals surface area contributed by atoms with E-state index in [2.05, 4.69) is 102 Å². The van der Waals surface area contributed by atoms with Crippen molar-refractivity contribution >= 4 is 83.9 Å². The number of para-hydroxylation sites is 6. The minimum atomic E-state index is -2.25. The zero-order valence-corrected chi connectivity index (χ0v) is 43.2. The van der Waals surface area contributed by atoms with E-state index in [1.54, 1.807) is 36.8 Å². The second-order valence-electron chi connectivity index (χ2n) is 16.6. The molecule has 12 heteroatoms. The van der Waals surface area contributed by atoms with Crippen LogP contribution < -0.4 is 14.7 Å². The van der Waals surface area contributed by atoms with Crippen LogP contribution >= 0.6 is 0 Å². The summed E-state index contributed by atoms with van der Waals surface area (Å²) in [6, 6.07) is 83.6. The molecule has 0 bridgehead atoms. The number of fused-ring (bicyclic) bond motifs is 3. The molecule has 0 fully saturated rings. The average molecular weight is 1150 g/mol. The molecule has 75 heavy (non-hydrogen) atoms. The van der Waals surface area contributed by atoms with E-state index in [4.69, 9.17) is 6.80 Å². The van der Waals surface area contributed by atoms with Gasteiger partial charge in [0, 0.05) is 68.9 Å². The molecule has 11 nitrogen and oxygen atoms in total. The van der Waals surface area contributed by atoms with E-state index < -0.39 is 18.5 Å². The van der Waals surface area contributed by atoms with E-state index in [-0.39, 0.29) is 17.2 Å². The molecule has 366 valence electrons. The zero-order chi connectivity index (χ0) is 51.8. The van der Waals surface area contributed by atoms with Gasteiger partial charge in [0.15, 0.2) is 0 Å². The topological polar surface area (TPSA) is 143 Å². The van der Waals surface area contributed by atoms with Crippen molar-refractivity contribution in [2.75, 3.05) is 14.7 Å². The number of nitrogens with zero attached hydrogens (tertiary/aromatic N) is 6. The molecule has 9 aromatic carbocycles. The van der Waals surface area contributed by atoms with Crippen LogP contribution in [0.3, 0.4) is 0 Å². The number of pyridine rings is 3. The third-order valence-electron chi connectivity index (χ3n) is 12.0. The van der Waals surface area contributed by atoms with Crippen molar-refractivity contribution in [2.45, 2.75) is 0 Å². The number of phenolic OH excluding ortho intramolecular Hbond substituents is 3. The number of rotatable bonds is 9. The standard InChI is InChI=1S/3C21H16N2O.2O.W/c3*24-20-14-13-19(18-12-7-15-22-21(18)20)23(16-8-3-1-4-9-16)17-10-5-2-6-11-17;;;/h3*1-15,24H;;;. The number of hydrogen-bond donors (Lipinski definition) is 3. The van der Waals surface area contributed by atoms with Crippen LogP contribution in [0.1, 0.15) is 0 Å². The monoisotopic (exact) mass is 1150 g/mol. The molecule has 3 aromatic heterocycles. The number of anilines is 9. The summed E-state index contributed by atoms with van der Waals surface area (Å²) in [7, 11) is 0. The summed E-state index contributed by atoms with van der Waals surface area (Å²) in [6.07, 6.45) is 5.09. The van der Waals surface area contributed by atoms with E-state index in [0.29, 0.717) is 16.6 Å². The third-order valence-corrected chi connectivity index (χ3v) is 12.0. The predicted octanol–water partition coefficient (Wildman–Crippen LogP) is 16.0. The Kier molecular flexibility index (Phi) is 16.5. The molecule has 0 saturated heterocycles. The molecule has 3 heterocycles. The SMILES string of the molecule is Oc1ccc(N(c2ccccc2)c2ccccc2)c2cccnc12.Oc1ccc(N(c2ccccc2)c2ccccc2)c2cccnc12.Oc1ccc(N(c2ccccc2)c2ccccc2)c2cccnc12.[O]=[W]=[O]. The van der Waals surface area contributed by atoms with Crippen LogP contribution in [0.4, 0.5) is 51.2 Å². The fourth-order valence-electron chi connectivity index (χ4n) is 8.76. The van der Waals surface area contributed by atoms with Crippen molar-refractivity contribution in [3.05, 3.63) is 273 Å². The minimum absolute atomic E-state index is 0.190. The van der Waals surface area contributed by atoms with Gasteiger partial charge in [0.05, 0.1) is 17.1 Å². The van der Waals surface area contributed by atoms with E-state index in [9.17, 15) is 15.3 Å². The first-order chi connectivity index (χ1) is 36.9. The van der Waals surface area contributed by atoms with Gasteiger partial charge in [-0.1, -0.05) is 109 Å². The van der Waals surface area contributed by atoms with Crippen LogP contribution in [0, 0.1) is 0 Å². The van der Waals surface area contributed by atoms with Gasteiger partial charge < -0.3 is 30.0 Å². The number of aromatic nitrogens is 3. The summed E-state index contributed by atoms with van der Waals surface area (Å²) in [5.74, 6) is 0.571. The molecule has 0 aliphatic carbocycles. The number of aromatic hydroxyl groups is 3. The third kappa shape index (κ3) is 11.7. The van der Waals surface area contributed by atoms with Crippen LogP contribution in [0.15, 0.2) is 273 Å². The summed E-state index contributed by atoms with van der Waals surface area (Å²) >= 11 is -2.25. The molecule has 0 saturated carbocycles. The van der Waals surface area contributed by atoms with Gasteiger partial charge in [0.2, 0.25) is 0 Å². The fourth-order valence-corrected chi connectivity index (χ4v) is 8.76. The van der Waals surface area contributed by atoms with Gasteiger partial charge >= 0.3 is 25.3 Å². The summed E-state index contributed by atoms with van der Waals surface area (Å²) in [5, 5.41) is 33.1. The maximum absolute atomic E-state index is 10.1. The quantitative estimate of drug-likeness (QED) is 0.127. The summed E-state index contributed by atoms with van der Waals surface area (Å²) in [6.45, 7) is 0. The molecular formula is C63H48N6O5W. The predicted molar refractivity (Wildman–Crippen MR) is 296 cm³/mol. The van der Waals surface area contributed by atoms with Crippen LogP contribution in [0.5, 0.6) is 17.2 Å². The summed E-state index contributed by atoms with van der Waals surface area (Å²) in [4.78, 5) is 19.5. The Bertz CT molecular complexity index is 3300.